The van der Waals surface area contributed by atoms with Gasteiger partial charge in [0.05, 0.1) is 4.88 Å². The Labute approximate surface area is 147 Å². The quantitative estimate of drug-likeness (QED) is 0.840. The van der Waals surface area contributed by atoms with Crippen LogP contribution in [-0.2, 0) is 9.84 Å². The summed E-state index contributed by atoms with van der Waals surface area (Å²) in [5, 5.41) is 0. The Morgan fingerprint density at radius 1 is 1.21 bits per heavy atom. The summed E-state index contributed by atoms with van der Waals surface area (Å²) in [6.07, 6.45) is 2.11. The number of amides is 1. The maximum absolute atomic E-state index is 12.6. The van der Waals surface area contributed by atoms with Crippen molar-refractivity contribution in [3.63, 3.8) is 0 Å². The monoisotopic (exact) mass is 363 g/mol. The maximum atomic E-state index is 12.6. The Bertz CT molecular complexity index is 883. The second-order valence-corrected chi connectivity index (χ2v) is 9.81. The molecule has 2 aromatic rings. The van der Waals surface area contributed by atoms with Crippen LogP contribution >= 0.6 is 11.3 Å². The predicted octanol–water partition coefficient (Wildman–Crippen LogP) is 3.40. The first kappa shape index (κ1) is 17.2. The molecule has 0 bridgehead atoms. The molecule has 0 N–H and O–H groups in total. The third-order valence-corrected chi connectivity index (χ3v) is 7.39. The molecule has 4 nitrogen and oxygen atoms in total. The molecule has 1 unspecified atom stereocenters. The number of carbonyl (C=O) groups is 1. The predicted molar refractivity (Wildman–Crippen MR) is 96.6 cm³/mol. The minimum atomic E-state index is -3.25. The van der Waals surface area contributed by atoms with Crippen molar-refractivity contribution in [2.24, 2.45) is 0 Å². The van der Waals surface area contributed by atoms with Crippen LogP contribution in [0.25, 0.3) is 0 Å². The Morgan fingerprint density at radius 3 is 2.58 bits per heavy atom. The molecule has 0 radical (unpaired) electrons. The van der Waals surface area contributed by atoms with Crippen molar-refractivity contribution in [1.82, 2.24) is 4.90 Å². The van der Waals surface area contributed by atoms with Crippen LogP contribution in [0.4, 0.5) is 0 Å². The molecule has 0 spiro atoms. The lowest BCUT2D eigenvalue weighted by Crippen LogP contribution is -2.27. The molecule has 6 heteroatoms. The first-order valence-corrected chi connectivity index (χ1v) is 10.6. The fourth-order valence-corrected chi connectivity index (χ4v) is 5.17. The van der Waals surface area contributed by atoms with Crippen molar-refractivity contribution in [2.75, 3.05) is 19.3 Å². The first-order chi connectivity index (χ1) is 11.3. The van der Waals surface area contributed by atoms with E-state index >= 15 is 0 Å². The van der Waals surface area contributed by atoms with E-state index in [1.54, 1.807) is 6.07 Å². The summed E-state index contributed by atoms with van der Waals surface area (Å²) >= 11 is 1.06. The molecule has 1 aromatic carbocycles. The van der Waals surface area contributed by atoms with Crippen LogP contribution in [0.1, 0.15) is 38.7 Å². The highest BCUT2D eigenvalue weighted by Gasteiger charge is 2.29. The average Bonchev–Trinajstić information content (AvgIpc) is 3.15. The lowest BCUT2D eigenvalue weighted by Gasteiger charge is -2.17. The van der Waals surface area contributed by atoms with Gasteiger partial charge in [-0.15, -0.1) is 11.3 Å². The Kier molecular flexibility index (Phi) is 4.53. The number of carbonyl (C=O) groups excluding carboxylic acids is 1. The van der Waals surface area contributed by atoms with Crippen molar-refractivity contribution in [3.05, 3.63) is 51.9 Å². The fourth-order valence-electron chi connectivity index (χ4n) is 3.27. The van der Waals surface area contributed by atoms with Gasteiger partial charge in [-0.3, -0.25) is 4.79 Å². The maximum Gasteiger partial charge on any atom is 0.263 e. The van der Waals surface area contributed by atoms with Crippen LogP contribution in [0.3, 0.4) is 0 Å². The molecule has 1 aromatic heterocycles. The molecule has 128 valence electrons. The summed E-state index contributed by atoms with van der Waals surface area (Å²) in [5.74, 6) is 0.283. The molecular formula is C18H21NO3S2. The van der Waals surface area contributed by atoms with Gasteiger partial charge in [0.15, 0.2) is 9.84 Å². The molecule has 0 aliphatic carbocycles. The van der Waals surface area contributed by atoms with E-state index in [-0.39, 0.29) is 10.1 Å². The molecule has 1 atom stereocenters. The van der Waals surface area contributed by atoms with Crippen LogP contribution in [0.2, 0.25) is 0 Å². The lowest BCUT2D eigenvalue weighted by molar-refractivity contribution is 0.0795. The molecule has 2 heterocycles. The highest BCUT2D eigenvalue weighted by atomic mass is 32.2. The van der Waals surface area contributed by atoms with Crippen LogP contribution < -0.4 is 0 Å². The summed E-state index contributed by atoms with van der Waals surface area (Å²) in [6.45, 7) is 5.60. The van der Waals surface area contributed by atoms with E-state index in [4.69, 9.17) is 0 Å². The highest BCUT2D eigenvalue weighted by Crippen LogP contribution is 2.32. The number of hydrogen-bond donors (Lipinski definition) is 0. The summed E-state index contributed by atoms with van der Waals surface area (Å²) in [5.41, 5.74) is 3.82. The van der Waals surface area contributed by atoms with Crippen LogP contribution in [-0.4, -0.2) is 38.6 Å². The van der Waals surface area contributed by atoms with Crippen molar-refractivity contribution in [1.29, 1.82) is 0 Å². The van der Waals surface area contributed by atoms with E-state index < -0.39 is 9.84 Å². The highest BCUT2D eigenvalue weighted by molar-refractivity contribution is 7.92. The van der Waals surface area contributed by atoms with Gasteiger partial charge in [0.25, 0.3) is 5.91 Å². The van der Waals surface area contributed by atoms with Gasteiger partial charge >= 0.3 is 0 Å². The molecular weight excluding hydrogens is 342 g/mol. The minimum absolute atomic E-state index is 0.0674. The van der Waals surface area contributed by atoms with Gasteiger partial charge in [0.2, 0.25) is 0 Å². The van der Waals surface area contributed by atoms with Crippen molar-refractivity contribution in [3.8, 4) is 0 Å². The van der Waals surface area contributed by atoms with Gasteiger partial charge in [-0.1, -0.05) is 23.8 Å². The summed E-state index contributed by atoms with van der Waals surface area (Å²) in [7, 11) is -3.25. The van der Waals surface area contributed by atoms with E-state index in [1.807, 2.05) is 4.90 Å². The third kappa shape index (κ3) is 3.39. The Balaban J connectivity index is 1.75. The largest absolute Gasteiger partial charge is 0.337 e. The van der Waals surface area contributed by atoms with E-state index in [0.29, 0.717) is 23.9 Å². The standard InChI is InChI=1S/C18H21NO3S2/c1-12-4-5-15(13(2)10-12)14-8-9-19(11-14)18(20)16-6-7-17(23-16)24(3,21)22/h4-7,10,14H,8-9,11H2,1-3H3. The Morgan fingerprint density at radius 2 is 1.96 bits per heavy atom. The first-order valence-electron chi connectivity index (χ1n) is 7.92. The molecule has 0 saturated carbocycles. The van der Waals surface area contributed by atoms with Crippen molar-refractivity contribution in [2.45, 2.75) is 30.4 Å². The zero-order chi connectivity index (χ0) is 17.5. The SMILES string of the molecule is Cc1ccc(C2CCN(C(=O)c3ccc(S(C)(=O)=O)s3)C2)c(C)c1. The molecule has 1 aliphatic heterocycles. The summed E-state index contributed by atoms with van der Waals surface area (Å²) < 4.78 is 23.4. The number of aryl methyl sites for hydroxylation is 2. The van der Waals surface area contributed by atoms with Gasteiger partial charge < -0.3 is 4.90 Å². The van der Waals surface area contributed by atoms with E-state index in [9.17, 15) is 13.2 Å². The van der Waals surface area contributed by atoms with E-state index in [1.165, 1.54) is 29.0 Å². The average molecular weight is 364 g/mol. The number of likely N-dealkylation sites (tertiary alicyclic amines) is 1. The molecule has 24 heavy (non-hydrogen) atoms. The van der Waals surface area contributed by atoms with Crippen LogP contribution in [0, 0.1) is 13.8 Å². The smallest absolute Gasteiger partial charge is 0.263 e. The number of hydrogen-bond acceptors (Lipinski definition) is 4. The van der Waals surface area contributed by atoms with Gasteiger partial charge in [-0.2, -0.15) is 0 Å². The van der Waals surface area contributed by atoms with Gasteiger partial charge in [-0.05, 0) is 43.5 Å². The summed E-state index contributed by atoms with van der Waals surface area (Å²) in [4.78, 5) is 15.0. The second kappa shape index (κ2) is 6.33. The van der Waals surface area contributed by atoms with Gasteiger partial charge in [-0.25, -0.2) is 8.42 Å². The topological polar surface area (TPSA) is 54.5 Å². The normalized spacial score (nSPS) is 18.1. The van der Waals surface area contributed by atoms with Crippen molar-refractivity contribution < 1.29 is 13.2 Å². The molecule has 1 amide bonds. The Hall–Kier alpha value is -1.66. The molecule has 1 saturated heterocycles. The molecule has 3 rings (SSSR count). The fraction of sp³-hybridized carbons (Fsp3) is 0.389. The number of rotatable bonds is 3. The zero-order valence-corrected chi connectivity index (χ0v) is 15.7. The second-order valence-electron chi connectivity index (χ2n) is 6.49. The lowest BCUT2D eigenvalue weighted by atomic mass is 9.93. The van der Waals surface area contributed by atoms with Crippen LogP contribution in [0.15, 0.2) is 34.5 Å². The van der Waals surface area contributed by atoms with Gasteiger partial charge in [0.1, 0.15) is 4.21 Å². The van der Waals surface area contributed by atoms with E-state index in [2.05, 4.69) is 32.0 Å². The molecule has 1 fully saturated rings. The number of thiophene rings is 1. The molecule has 1 aliphatic rings. The van der Waals surface area contributed by atoms with Gasteiger partial charge in [0, 0.05) is 25.3 Å². The number of nitrogens with zero attached hydrogens (tertiary/aromatic N) is 1. The number of benzene rings is 1. The van der Waals surface area contributed by atoms with Crippen molar-refractivity contribution >= 4 is 27.1 Å². The third-order valence-electron chi connectivity index (χ3n) is 4.50. The number of sulfone groups is 1. The van der Waals surface area contributed by atoms with E-state index in [0.717, 1.165) is 17.8 Å². The zero-order valence-electron chi connectivity index (χ0n) is 14.1. The minimum Gasteiger partial charge on any atom is -0.337 e. The van der Waals surface area contributed by atoms with Crippen LogP contribution in [0.5, 0.6) is 0 Å². The summed E-state index contributed by atoms with van der Waals surface area (Å²) in [6, 6.07) is 9.59.